The molecule has 2 amide bonds. The molecule has 0 unspecified atom stereocenters. The second-order valence-electron chi connectivity index (χ2n) is 4.53. The monoisotopic (exact) mass is 304 g/mol. The highest BCUT2D eigenvalue weighted by Gasteiger charge is 2.09. The van der Waals surface area contributed by atoms with Crippen LogP contribution in [0.2, 0.25) is 0 Å². The number of urea groups is 1. The van der Waals surface area contributed by atoms with Crippen molar-refractivity contribution in [1.82, 2.24) is 10.6 Å². The quantitative estimate of drug-likeness (QED) is 0.838. The van der Waals surface area contributed by atoms with E-state index in [4.69, 9.17) is 0 Å². The SMILES string of the molecule is C[C@H](C[S@@](C)=O)NC(=O)NCCc1ccc(F)cc1F. The molecular formula is C13H18F2N2O2S. The molecule has 0 heterocycles. The molecule has 7 heteroatoms. The van der Waals surface area contributed by atoms with Gasteiger partial charge in [-0.05, 0) is 25.0 Å². The number of hydrogen-bond acceptors (Lipinski definition) is 2. The van der Waals surface area contributed by atoms with Crippen molar-refractivity contribution in [3.8, 4) is 0 Å². The third-order valence-corrected chi connectivity index (χ3v) is 3.53. The molecule has 1 aromatic rings. The predicted octanol–water partition coefficient (Wildman–Crippen LogP) is 1.57. The normalized spacial score (nSPS) is 13.6. The van der Waals surface area contributed by atoms with E-state index in [2.05, 4.69) is 10.6 Å². The zero-order valence-corrected chi connectivity index (χ0v) is 12.2. The van der Waals surface area contributed by atoms with Gasteiger partial charge in [-0.2, -0.15) is 0 Å². The number of nitrogens with one attached hydrogen (secondary N) is 2. The Morgan fingerprint density at radius 1 is 1.40 bits per heavy atom. The zero-order chi connectivity index (χ0) is 15.1. The van der Waals surface area contributed by atoms with Crippen LogP contribution in [0.1, 0.15) is 12.5 Å². The molecule has 20 heavy (non-hydrogen) atoms. The molecule has 0 bridgehead atoms. The molecule has 4 nitrogen and oxygen atoms in total. The molecule has 0 radical (unpaired) electrons. The zero-order valence-electron chi connectivity index (χ0n) is 11.4. The van der Waals surface area contributed by atoms with Gasteiger partial charge in [0.15, 0.2) is 0 Å². The molecule has 0 spiro atoms. The van der Waals surface area contributed by atoms with E-state index in [0.29, 0.717) is 11.3 Å². The van der Waals surface area contributed by atoms with Gasteiger partial charge in [-0.3, -0.25) is 4.21 Å². The maximum atomic E-state index is 13.3. The fourth-order valence-electron chi connectivity index (χ4n) is 1.70. The van der Waals surface area contributed by atoms with E-state index in [1.165, 1.54) is 12.1 Å². The van der Waals surface area contributed by atoms with Crippen molar-refractivity contribution in [2.75, 3.05) is 18.6 Å². The summed E-state index contributed by atoms with van der Waals surface area (Å²) in [6.07, 6.45) is 1.83. The Bertz CT molecular complexity index is 497. The van der Waals surface area contributed by atoms with Gasteiger partial charge in [-0.1, -0.05) is 6.07 Å². The van der Waals surface area contributed by atoms with Crippen LogP contribution in [0.25, 0.3) is 0 Å². The summed E-state index contributed by atoms with van der Waals surface area (Å²) in [7, 11) is -0.980. The number of hydrogen-bond donors (Lipinski definition) is 2. The Labute approximate surface area is 119 Å². The van der Waals surface area contributed by atoms with Crippen LogP contribution in [-0.2, 0) is 17.2 Å². The van der Waals surface area contributed by atoms with Crippen molar-refractivity contribution in [3.05, 3.63) is 35.4 Å². The summed E-state index contributed by atoms with van der Waals surface area (Å²) in [6, 6.07) is 2.74. The number of rotatable bonds is 6. The molecule has 2 N–H and O–H groups in total. The lowest BCUT2D eigenvalue weighted by atomic mass is 10.1. The van der Waals surface area contributed by atoms with Gasteiger partial charge in [-0.15, -0.1) is 0 Å². The summed E-state index contributed by atoms with van der Waals surface area (Å²) >= 11 is 0. The second kappa shape index (κ2) is 7.94. The Morgan fingerprint density at radius 2 is 2.10 bits per heavy atom. The number of carbonyl (C=O) groups excluding carboxylic acids is 1. The van der Waals surface area contributed by atoms with Crippen molar-refractivity contribution >= 4 is 16.8 Å². The smallest absolute Gasteiger partial charge is 0.315 e. The van der Waals surface area contributed by atoms with Gasteiger partial charge < -0.3 is 10.6 Å². The summed E-state index contributed by atoms with van der Waals surface area (Å²) in [5, 5.41) is 5.19. The van der Waals surface area contributed by atoms with Gasteiger partial charge >= 0.3 is 6.03 Å². The maximum absolute atomic E-state index is 13.3. The first kappa shape index (κ1) is 16.6. The van der Waals surface area contributed by atoms with Crippen LogP contribution in [0.5, 0.6) is 0 Å². The summed E-state index contributed by atoms with van der Waals surface area (Å²) in [4.78, 5) is 11.5. The number of amides is 2. The van der Waals surface area contributed by atoms with E-state index in [9.17, 15) is 17.8 Å². The van der Waals surface area contributed by atoms with Gasteiger partial charge in [0.1, 0.15) is 11.6 Å². The first-order valence-electron chi connectivity index (χ1n) is 6.17. The van der Waals surface area contributed by atoms with E-state index < -0.39 is 28.5 Å². The lowest BCUT2D eigenvalue weighted by Gasteiger charge is -2.13. The Balaban J connectivity index is 2.33. The fraction of sp³-hybridized carbons (Fsp3) is 0.462. The number of halogens is 2. The third-order valence-electron chi connectivity index (χ3n) is 2.56. The maximum Gasteiger partial charge on any atom is 0.315 e. The van der Waals surface area contributed by atoms with E-state index in [0.717, 1.165) is 6.07 Å². The van der Waals surface area contributed by atoms with Crippen LogP contribution >= 0.6 is 0 Å². The standard InChI is InChI=1S/C13H18F2N2O2S/c1-9(8-20(2)19)17-13(18)16-6-5-10-3-4-11(14)7-12(10)15/h3-4,7,9H,5-6,8H2,1-2H3,(H2,16,17,18)/t9-,20-/m1/s1. The van der Waals surface area contributed by atoms with Crippen LogP contribution in [0.3, 0.4) is 0 Å². The van der Waals surface area contributed by atoms with Crippen LogP contribution in [-0.4, -0.2) is 34.8 Å². The highest BCUT2D eigenvalue weighted by atomic mass is 32.2. The molecule has 0 saturated carbocycles. The molecule has 0 fully saturated rings. The molecule has 0 aliphatic rings. The van der Waals surface area contributed by atoms with Gasteiger partial charge in [0, 0.05) is 41.5 Å². The van der Waals surface area contributed by atoms with E-state index in [1.807, 2.05) is 0 Å². The van der Waals surface area contributed by atoms with Crippen LogP contribution in [0, 0.1) is 11.6 Å². The molecule has 0 aliphatic carbocycles. The minimum atomic E-state index is -0.980. The van der Waals surface area contributed by atoms with Crippen molar-refractivity contribution < 1.29 is 17.8 Å². The Hall–Kier alpha value is -1.50. The highest BCUT2D eigenvalue weighted by molar-refractivity contribution is 7.84. The molecule has 0 aromatic heterocycles. The lowest BCUT2D eigenvalue weighted by molar-refractivity contribution is 0.239. The fourth-order valence-corrected chi connectivity index (χ4v) is 2.49. The average Bonchev–Trinajstić information content (AvgIpc) is 2.30. The first-order chi connectivity index (χ1) is 9.38. The van der Waals surface area contributed by atoms with E-state index in [1.54, 1.807) is 13.2 Å². The summed E-state index contributed by atoms with van der Waals surface area (Å²) < 4.78 is 37.0. The van der Waals surface area contributed by atoms with E-state index >= 15 is 0 Å². The second-order valence-corrected chi connectivity index (χ2v) is 6.01. The lowest BCUT2D eigenvalue weighted by Crippen LogP contribution is -2.43. The Morgan fingerprint density at radius 3 is 2.70 bits per heavy atom. The van der Waals surface area contributed by atoms with Gasteiger partial charge in [0.2, 0.25) is 0 Å². The van der Waals surface area contributed by atoms with Gasteiger partial charge in [-0.25, -0.2) is 13.6 Å². The minimum absolute atomic E-state index is 0.205. The van der Waals surface area contributed by atoms with Gasteiger partial charge in [0.05, 0.1) is 0 Å². The number of carbonyl (C=O) groups is 1. The predicted molar refractivity (Wildman–Crippen MR) is 75.0 cm³/mol. The molecule has 1 rings (SSSR count). The largest absolute Gasteiger partial charge is 0.338 e. The highest BCUT2D eigenvalue weighted by Crippen LogP contribution is 2.09. The molecular weight excluding hydrogens is 286 g/mol. The first-order valence-corrected chi connectivity index (χ1v) is 7.89. The van der Waals surface area contributed by atoms with E-state index in [-0.39, 0.29) is 19.0 Å². The van der Waals surface area contributed by atoms with Crippen LogP contribution in [0.4, 0.5) is 13.6 Å². The van der Waals surface area contributed by atoms with Crippen LogP contribution in [0.15, 0.2) is 18.2 Å². The molecule has 0 aliphatic heterocycles. The topological polar surface area (TPSA) is 58.2 Å². The third kappa shape index (κ3) is 6.10. The molecule has 0 saturated heterocycles. The van der Waals surface area contributed by atoms with Crippen molar-refractivity contribution in [3.63, 3.8) is 0 Å². The molecule has 1 aromatic carbocycles. The summed E-state index contributed by atoms with van der Waals surface area (Å²) in [6.45, 7) is 1.98. The molecule has 112 valence electrons. The minimum Gasteiger partial charge on any atom is -0.338 e. The van der Waals surface area contributed by atoms with Crippen molar-refractivity contribution in [1.29, 1.82) is 0 Å². The van der Waals surface area contributed by atoms with Crippen molar-refractivity contribution in [2.45, 2.75) is 19.4 Å². The Kier molecular flexibility index (Phi) is 6.57. The summed E-state index contributed by atoms with van der Waals surface area (Å²) in [5.41, 5.74) is 0.342. The van der Waals surface area contributed by atoms with Crippen molar-refractivity contribution in [2.24, 2.45) is 0 Å². The average molecular weight is 304 g/mol. The molecule has 2 atom stereocenters. The number of benzene rings is 1. The summed E-state index contributed by atoms with van der Waals surface area (Å²) in [5.74, 6) is -0.875. The van der Waals surface area contributed by atoms with Crippen LogP contribution < -0.4 is 10.6 Å². The van der Waals surface area contributed by atoms with Gasteiger partial charge in [0.25, 0.3) is 0 Å².